The highest BCUT2D eigenvalue weighted by molar-refractivity contribution is 9.10. The lowest BCUT2D eigenvalue weighted by molar-refractivity contribution is -0.131. The molecule has 0 atom stereocenters. The van der Waals surface area contributed by atoms with Crippen molar-refractivity contribution in [1.29, 1.82) is 0 Å². The van der Waals surface area contributed by atoms with Gasteiger partial charge in [-0.15, -0.1) is 0 Å². The van der Waals surface area contributed by atoms with E-state index in [4.69, 9.17) is 9.47 Å². The molecule has 0 aromatic heterocycles. The van der Waals surface area contributed by atoms with E-state index in [1.54, 1.807) is 25.1 Å². The van der Waals surface area contributed by atoms with Gasteiger partial charge in [-0.05, 0) is 35.0 Å². The van der Waals surface area contributed by atoms with Crippen LogP contribution in [0.4, 0.5) is 0 Å². The Hall–Kier alpha value is -1.36. The van der Waals surface area contributed by atoms with Crippen molar-refractivity contribution < 1.29 is 19.1 Å². The summed E-state index contributed by atoms with van der Waals surface area (Å²) in [5, 5.41) is 0. The van der Waals surface area contributed by atoms with Crippen LogP contribution in [-0.2, 0) is 9.53 Å². The van der Waals surface area contributed by atoms with Gasteiger partial charge in [0, 0.05) is 6.92 Å². The first-order chi connectivity index (χ1) is 7.56. The van der Waals surface area contributed by atoms with Crippen LogP contribution in [0.2, 0.25) is 0 Å². The summed E-state index contributed by atoms with van der Waals surface area (Å²) in [5.41, 5.74) is 0.334. The van der Waals surface area contributed by atoms with E-state index in [0.29, 0.717) is 22.4 Å². The molecule has 0 fully saturated rings. The number of esters is 2. The normalized spacial score (nSPS) is 9.69. The summed E-state index contributed by atoms with van der Waals surface area (Å²) in [6.07, 6.45) is 0. The zero-order valence-electron chi connectivity index (χ0n) is 8.95. The molecule has 0 aliphatic heterocycles. The summed E-state index contributed by atoms with van der Waals surface area (Å²) >= 11 is 3.20. The molecule has 0 amide bonds. The molecule has 0 radical (unpaired) electrons. The first-order valence-electron chi connectivity index (χ1n) is 4.70. The van der Waals surface area contributed by atoms with E-state index < -0.39 is 11.9 Å². The highest BCUT2D eigenvalue weighted by Crippen LogP contribution is 2.29. The lowest BCUT2D eigenvalue weighted by Crippen LogP contribution is -2.08. The molecule has 0 aliphatic rings. The Balaban J connectivity index is 3.03. The van der Waals surface area contributed by atoms with E-state index in [2.05, 4.69) is 15.9 Å². The van der Waals surface area contributed by atoms with Gasteiger partial charge in [-0.1, -0.05) is 6.07 Å². The monoisotopic (exact) mass is 286 g/mol. The quantitative estimate of drug-likeness (QED) is 0.633. The molecule has 5 heteroatoms. The molecule has 1 aromatic rings. The lowest BCUT2D eigenvalue weighted by atomic mass is 10.2. The number of hydrogen-bond donors (Lipinski definition) is 0. The second kappa shape index (κ2) is 5.65. The summed E-state index contributed by atoms with van der Waals surface area (Å²) in [4.78, 5) is 22.3. The van der Waals surface area contributed by atoms with Gasteiger partial charge in [0.2, 0.25) is 0 Å². The Morgan fingerprint density at radius 1 is 1.38 bits per heavy atom. The van der Waals surface area contributed by atoms with Gasteiger partial charge in [-0.3, -0.25) is 4.79 Å². The zero-order chi connectivity index (χ0) is 12.1. The summed E-state index contributed by atoms with van der Waals surface area (Å²) in [7, 11) is 0. The molecule has 0 N–H and O–H groups in total. The van der Waals surface area contributed by atoms with Crippen molar-refractivity contribution in [2.75, 3.05) is 6.61 Å². The summed E-state index contributed by atoms with van der Waals surface area (Å²) in [6, 6.07) is 4.80. The fourth-order valence-corrected chi connectivity index (χ4v) is 1.62. The van der Waals surface area contributed by atoms with Crippen LogP contribution in [0.1, 0.15) is 24.2 Å². The molecule has 1 rings (SSSR count). The Morgan fingerprint density at radius 3 is 2.62 bits per heavy atom. The highest BCUT2D eigenvalue weighted by atomic mass is 79.9. The molecule has 0 aliphatic carbocycles. The van der Waals surface area contributed by atoms with Crippen molar-refractivity contribution >= 4 is 27.9 Å². The predicted molar refractivity (Wildman–Crippen MR) is 61.4 cm³/mol. The Bertz CT molecular complexity index is 414. The van der Waals surface area contributed by atoms with E-state index in [9.17, 15) is 9.59 Å². The summed E-state index contributed by atoms with van der Waals surface area (Å²) < 4.78 is 10.2. The van der Waals surface area contributed by atoms with Gasteiger partial charge < -0.3 is 9.47 Å². The van der Waals surface area contributed by atoms with Crippen LogP contribution in [0.5, 0.6) is 5.75 Å². The predicted octanol–water partition coefficient (Wildman–Crippen LogP) is 2.55. The fraction of sp³-hybridized carbons (Fsp3) is 0.273. The molecule has 0 heterocycles. The van der Waals surface area contributed by atoms with Gasteiger partial charge in [0.25, 0.3) is 0 Å². The van der Waals surface area contributed by atoms with Crippen molar-refractivity contribution in [3.05, 3.63) is 28.2 Å². The number of rotatable bonds is 3. The van der Waals surface area contributed by atoms with Crippen LogP contribution in [0.25, 0.3) is 0 Å². The van der Waals surface area contributed by atoms with E-state index in [1.807, 2.05) is 0 Å². The van der Waals surface area contributed by atoms with Crippen LogP contribution in [0.3, 0.4) is 0 Å². The maximum absolute atomic E-state index is 11.5. The van der Waals surface area contributed by atoms with Gasteiger partial charge in [-0.25, -0.2) is 4.79 Å². The second-order valence-electron chi connectivity index (χ2n) is 2.93. The minimum Gasteiger partial charge on any atom is -0.462 e. The van der Waals surface area contributed by atoms with Crippen LogP contribution in [0.15, 0.2) is 22.7 Å². The third-order valence-electron chi connectivity index (χ3n) is 1.71. The summed E-state index contributed by atoms with van der Waals surface area (Å²) in [6.45, 7) is 3.31. The topological polar surface area (TPSA) is 52.6 Å². The van der Waals surface area contributed by atoms with E-state index in [-0.39, 0.29) is 0 Å². The van der Waals surface area contributed by atoms with Crippen LogP contribution >= 0.6 is 15.9 Å². The molecule has 0 unspecified atom stereocenters. The molecule has 86 valence electrons. The van der Waals surface area contributed by atoms with E-state index >= 15 is 0 Å². The molecule has 4 nitrogen and oxygen atoms in total. The Kier molecular flexibility index (Phi) is 4.49. The highest BCUT2D eigenvalue weighted by Gasteiger charge is 2.15. The van der Waals surface area contributed by atoms with Crippen molar-refractivity contribution in [1.82, 2.24) is 0 Å². The number of halogens is 1. The largest absolute Gasteiger partial charge is 0.462 e. The van der Waals surface area contributed by atoms with Gasteiger partial charge in [0.1, 0.15) is 5.75 Å². The maximum Gasteiger partial charge on any atom is 0.339 e. The molecule has 0 saturated heterocycles. The van der Waals surface area contributed by atoms with Crippen LogP contribution < -0.4 is 4.74 Å². The SMILES string of the molecule is CCOC(=O)c1cccc(OC(C)=O)c1Br. The van der Waals surface area contributed by atoms with Crippen LogP contribution in [0, 0.1) is 0 Å². The molecular formula is C11H11BrO4. The number of carbonyl (C=O) groups excluding carboxylic acids is 2. The number of benzene rings is 1. The third kappa shape index (κ3) is 3.06. The Morgan fingerprint density at radius 2 is 2.06 bits per heavy atom. The van der Waals surface area contributed by atoms with Gasteiger partial charge in [0.15, 0.2) is 0 Å². The van der Waals surface area contributed by atoms with Crippen molar-refractivity contribution in [3.8, 4) is 5.75 Å². The van der Waals surface area contributed by atoms with Gasteiger partial charge in [-0.2, -0.15) is 0 Å². The van der Waals surface area contributed by atoms with Gasteiger partial charge in [0.05, 0.1) is 16.6 Å². The first kappa shape index (κ1) is 12.7. The van der Waals surface area contributed by atoms with Crippen LogP contribution in [-0.4, -0.2) is 18.5 Å². The Labute approximate surface area is 102 Å². The van der Waals surface area contributed by atoms with Crippen molar-refractivity contribution in [2.24, 2.45) is 0 Å². The molecular weight excluding hydrogens is 276 g/mol. The van der Waals surface area contributed by atoms with Crippen molar-refractivity contribution in [2.45, 2.75) is 13.8 Å². The number of hydrogen-bond acceptors (Lipinski definition) is 4. The minimum atomic E-state index is -0.455. The molecule has 0 spiro atoms. The standard InChI is InChI=1S/C11H11BrO4/c1-3-15-11(14)8-5-4-6-9(10(8)12)16-7(2)13/h4-6H,3H2,1-2H3. The van der Waals surface area contributed by atoms with Crippen molar-refractivity contribution in [3.63, 3.8) is 0 Å². The third-order valence-corrected chi connectivity index (χ3v) is 2.53. The second-order valence-corrected chi connectivity index (χ2v) is 3.72. The summed E-state index contributed by atoms with van der Waals surface area (Å²) in [5.74, 6) is -0.594. The molecule has 0 bridgehead atoms. The van der Waals surface area contributed by atoms with Gasteiger partial charge >= 0.3 is 11.9 Å². The van der Waals surface area contributed by atoms with E-state index in [1.165, 1.54) is 6.92 Å². The lowest BCUT2D eigenvalue weighted by Gasteiger charge is -2.08. The minimum absolute atomic E-state index is 0.295. The van der Waals surface area contributed by atoms with E-state index in [0.717, 1.165) is 0 Å². The molecule has 0 saturated carbocycles. The smallest absolute Gasteiger partial charge is 0.339 e. The molecule has 16 heavy (non-hydrogen) atoms. The number of ether oxygens (including phenoxy) is 2. The zero-order valence-corrected chi connectivity index (χ0v) is 10.5. The fourth-order valence-electron chi connectivity index (χ4n) is 1.11. The first-order valence-corrected chi connectivity index (χ1v) is 5.49. The maximum atomic E-state index is 11.5. The molecule has 1 aromatic carbocycles. The average molecular weight is 287 g/mol. The average Bonchev–Trinajstić information content (AvgIpc) is 2.21. The number of carbonyl (C=O) groups is 2.